The first kappa shape index (κ1) is 18.4. The van der Waals surface area contributed by atoms with E-state index in [4.69, 9.17) is 14.2 Å². The number of hydrogen-bond donors (Lipinski definition) is 2. The van der Waals surface area contributed by atoms with E-state index in [1.54, 1.807) is 45.9 Å². The van der Waals surface area contributed by atoms with Crippen LogP contribution in [0.5, 0.6) is 17.2 Å². The SMILES string of the molecule is COc1cc(OC)c(CNC(=O)N[C@@H](C)c2ccncc2)c(OC)c1. The van der Waals surface area contributed by atoms with Gasteiger partial charge < -0.3 is 24.8 Å². The van der Waals surface area contributed by atoms with Gasteiger partial charge in [-0.3, -0.25) is 4.98 Å². The summed E-state index contributed by atoms with van der Waals surface area (Å²) in [5.74, 6) is 1.78. The third kappa shape index (κ3) is 4.76. The monoisotopic (exact) mass is 345 g/mol. The number of carbonyl (C=O) groups is 1. The van der Waals surface area contributed by atoms with E-state index >= 15 is 0 Å². The van der Waals surface area contributed by atoms with Gasteiger partial charge in [0.25, 0.3) is 0 Å². The van der Waals surface area contributed by atoms with Crippen molar-refractivity contribution in [1.82, 2.24) is 15.6 Å². The number of hydrogen-bond acceptors (Lipinski definition) is 5. The Morgan fingerprint density at radius 2 is 1.68 bits per heavy atom. The fraction of sp³-hybridized carbons (Fsp3) is 0.333. The molecule has 7 heteroatoms. The van der Waals surface area contributed by atoms with Gasteiger partial charge in [0.05, 0.1) is 39.5 Å². The lowest BCUT2D eigenvalue weighted by Gasteiger charge is -2.17. The van der Waals surface area contributed by atoms with E-state index in [9.17, 15) is 4.79 Å². The van der Waals surface area contributed by atoms with Crippen molar-refractivity contribution < 1.29 is 19.0 Å². The molecule has 2 rings (SSSR count). The number of methoxy groups -OCH3 is 3. The van der Waals surface area contributed by atoms with Crippen molar-refractivity contribution in [2.45, 2.75) is 19.5 Å². The van der Waals surface area contributed by atoms with E-state index in [1.807, 2.05) is 19.1 Å². The molecule has 1 atom stereocenters. The van der Waals surface area contributed by atoms with Crippen LogP contribution in [0.4, 0.5) is 4.79 Å². The molecule has 2 amide bonds. The molecule has 134 valence electrons. The second kappa shape index (κ2) is 8.77. The smallest absolute Gasteiger partial charge is 0.315 e. The van der Waals surface area contributed by atoms with Crippen LogP contribution in [0, 0.1) is 0 Å². The number of nitrogens with one attached hydrogen (secondary N) is 2. The van der Waals surface area contributed by atoms with Gasteiger partial charge in [-0.15, -0.1) is 0 Å². The van der Waals surface area contributed by atoms with Gasteiger partial charge in [0, 0.05) is 24.5 Å². The van der Waals surface area contributed by atoms with Gasteiger partial charge in [0.15, 0.2) is 0 Å². The first-order valence-electron chi connectivity index (χ1n) is 7.82. The highest BCUT2D eigenvalue weighted by molar-refractivity contribution is 5.74. The van der Waals surface area contributed by atoms with E-state index in [0.717, 1.165) is 11.1 Å². The van der Waals surface area contributed by atoms with Crippen LogP contribution in [-0.4, -0.2) is 32.3 Å². The molecule has 1 aromatic heterocycles. The summed E-state index contributed by atoms with van der Waals surface area (Å²) in [5.41, 5.74) is 1.71. The number of nitrogens with zero attached hydrogens (tertiary/aromatic N) is 1. The molecule has 2 aromatic rings. The number of aromatic nitrogens is 1. The molecular weight excluding hydrogens is 322 g/mol. The number of rotatable bonds is 7. The van der Waals surface area contributed by atoms with E-state index in [2.05, 4.69) is 15.6 Å². The van der Waals surface area contributed by atoms with Crippen LogP contribution in [0.15, 0.2) is 36.7 Å². The normalized spacial score (nSPS) is 11.4. The molecule has 0 radical (unpaired) electrons. The van der Waals surface area contributed by atoms with Crippen molar-refractivity contribution in [2.24, 2.45) is 0 Å². The number of carbonyl (C=O) groups excluding carboxylic acids is 1. The van der Waals surface area contributed by atoms with Crippen LogP contribution < -0.4 is 24.8 Å². The number of ether oxygens (including phenoxy) is 3. The Labute approximate surface area is 147 Å². The topological polar surface area (TPSA) is 81.7 Å². The molecule has 0 bridgehead atoms. The third-order valence-electron chi connectivity index (χ3n) is 3.80. The molecule has 0 aliphatic heterocycles. The molecule has 0 aliphatic carbocycles. The maximum atomic E-state index is 12.2. The average Bonchev–Trinajstić information content (AvgIpc) is 2.66. The maximum absolute atomic E-state index is 12.2. The fourth-order valence-electron chi connectivity index (χ4n) is 2.40. The fourth-order valence-corrected chi connectivity index (χ4v) is 2.40. The number of pyridine rings is 1. The molecule has 1 heterocycles. The molecule has 2 N–H and O–H groups in total. The zero-order valence-corrected chi connectivity index (χ0v) is 14.8. The Hall–Kier alpha value is -2.96. The largest absolute Gasteiger partial charge is 0.496 e. The standard InChI is InChI=1S/C18H23N3O4/c1-12(13-5-7-19-8-6-13)21-18(22)20-11-15-16(24-3)9-14(23-2)10-17(15)25-4/h5-10,12H,11H2,1-4H3,(H2,20,21,22)/t12-/m0/s1. The van der Waals surface area contributed by atoms with Gasteiger partial charge in [0.2, 0.25) is 0 Å². The quantitative estimate of drug-likeness (QED) is 0.806. The molecule has 0 fully saturated rings. The van der Waals surface area contributed by atoms with Gasteiger partial charge in [-0.25, -0.2) is 4.79 Å². The highest BCUT2D eigenvalue weighted by Gasteiger charge is 2.15. The number of amides is 2. The summed E-state index contributed by atoms with van der Waals surface area (Å²) in [7, 11) is 4.69. The molecule has 7 nitrogen and oxygen atoms in total. The Bertz CT molecular complexity index is 682. The highest BCUT2D eigenvalue weighted by atomic mass is 16.5. The van der Waals surface area contributed by atoms with Gasteiger partial charge in [-0.2, -0.15) is 0 Å². The minimum Gasteiger partial charge on any atom is -0.496 e. The van der Waals surface area contributed by atoms with Gasteiger partial charge in [0.1, 0.15) is 17.2 Å². The summed E-state index contributed by atoms with van der Waals surface area (Å²) in [5, 5.41) is 5.70. The lowest BCUT2D eigenvalue weighted by Crippen LogP contribution is -2.36. The Morgan fingerprint density at radius 1 is 1.08 bits per heavy atom. The Morgan fingerprint density at radius 3 is 2.20 bits per heavy atom. The molecule has 0 aliphatic rings. The maximum Gasteiger partial charge on any atom is 0.315 e. The summed E-state index contributed by atoms with van der Waals surface area (Å²) < 4.78 is 16.0. The van der Waals surface area contributed by atoms with Crippen LogP contribution in [0.25, 0.3) is 0 Å². The summed E-state index contributed by atoms with van der Waals surface area (Å²) in [4.78, 5) is 16.1. The van der Waals surface area contributed by atoms with Crippen LogP contribution in [0.3, 0.4) is 0 Å². The molecule has 0 saturated heterocycles. The second-order valence-electron chi connectivity index (χ2n) is 5.34. The predicted molar refractivity (Wildman–Crippen MR) is 94.1 cm³/mol. The van der Waals surface area contributed by atoms with Gasteiger partial charge in [-0.05, 0) is 24.6 Å². The lowest BCUT2D eigenvalue weighted by atomic mass is 10.1. The molecule has 0 spiro atoms. The van der Waals surface area contributed by atoms with Gasteiger partial charge >= 0.3 is 6.03 Å². The average molecular weight is 345 g/mol. The molecule has 25 heavy (non-hydrogen) atoms. The van der Waals surface area contributed by atoms with E-state index in [-0.39, 0.29) is 18.6 Å². The number of benzene rings is 1. The van der Waals surface area contributed by atoms with Crippen LogP contribution in [0.1, 0.15) is 24.1 Å². The first-order valence-corrected chi connectivity index (χ1v) is 7.82. The van der Waals surface area contributed by atoms with Gasteiger partial charge in [-0.1, -0.05) is 0 Å². The molecular formula is C18H23N3O4. The van der Waals surface area contributed by atoms with Crippen molar-refractivity contribution in [3.05, 3.63) is 47.8 Å². The van der Waals surface area contributed by atoms with Crippen LogP contribution in [-0.2, 0) is 6.54 Å². The first-order chi connectivity index (χ1) is 12.1. The minimum atomic E-state index is -0.288. The van der Waals surface area contributed by atoms with Crippen molar-refractivity contribution in [1.29, 1.82) is 0 Å². The third-order valence-corrected chi connectivity index (χ3v) is 3.80. The Kier molecular flexibility index (Phi) is 6.45. The number of urea groups is 1. The zero-order valence-electron chi connectivity index (χ0n) is 14.8. The summed E-state index contributed by atoms with van der Waals surface area (Å²) in [6.45, 7) is 2.16. The summed E-state index contributed by atoms with van der Waals surface area (Å²) >= 11 is 0. The van der Waals surface area contributed by atoms with Crippen LogP contribution >= 0.6 is 0 Å². The predicted octanol–water partition coefficient (Wildman–Crippen LogP) is 2.67. The minimum absolute atomic E-state index is 0.136. The van der Waals surface area contributed by atoms with E-state index in [1.165, 1.54) is 0 Å². The van der Waals surface area contributed by atoms with Crippen molar-refractivity contribution in [3.63, 3.8) is 0 Å². The van der Waals surface area contributed by atoms with E-state index in [0.29, 0.717) is 17.2 Å². The second-order valence-corrected chi connectivity index (χ2v) is 5.34. The van der Waals surface area contributed by atoms with Crippen LogP contribution in [0.2, 0.25) is 0 Å². The molecule has 1 aromatic carbocycles. The molecule has 0 saturated carbocycles. The van der Waals surface area contributed by atoms with Crippen molar-refractivity contribution >= 4 is 6.03 Å². The highest BCUT2D eigenvalue weighted by Crippen LogP contribution is 2.33. The van der Waals surface area contributed by atoms with Crippen molar-refractivity contribution in [3.8, 4) is 17.2 Å². The summed E-state index contributed by atoms with van der Waals surface area (Å²) in [6, 6.07) is 6.79. The summed E-state index contributed by atoms with van der Waals surface area (Å²) in [6.07, 6.45) is 3.39. The Balaban J connectivity index is 2.04. The van der Waals surface area contributed by atoms with Crippen molar-refractivity contribution in [2.75, 3.05) is 21.3 Å². The lowest BCUT2D eigenvalue weighted by molar-refractivity contribution is 0.237. The van der Waals surface area contributed by atoms with E-state index < -0.39 is 0 Å². The molecule has 0 unspecified atom stereocenters. The zero-order chi connectivity index (χ0) is 18.2.